The molecule has 0 atom stereocenters. The first kappa shape index (κ1) is 20.1. The first-order valence-corrected chi connectivity index (χ1v) is 10.5. The molecule has 0 bridgehead atoms. The number of anilines is 1. The second kappa shape index (κ2) is 7.60. The Morgan fingerprint density at radius 3 is 2.13 bits per heavy atom. The molecule has 0 saturated carbocycles. The van der Waals surface area contributed by atoms with Crippen LogP contribution in [0.15, 0.2) is 73.2 Å². The van der Waals surface area contributed by atoms with Crippen molar-refractivity contribution in [2.24, 2.45) is 5.41 Å². The summed E-state index contributed by atoms with van der Waals surface area (Å²) in [5.41, 5.74) is 5.43. The highest BCUT2D eigenvalue weighted by Crippen LogP contribution is 2.35. The van der Waals surface area contributed by atoms with E-state index in [1.54, 1.807) is 6.20 Å². The van der Waals surface area contributed by atoms with Crippen LogP contribution in [0.5, 0.6) is 0 Å². The first-order chi connectivity index (χ1) is 14.2. The highest BCUT2D eigenvalue weighted by atomic mass is 15.2. The van der Waals surface area contributed by atoms with Crippen LogP contribution in [0.4, 0.5) is 5.82 Å². The molecule has 2 aromatic heterocycles. The molecule has 0 aliphatic heterocycles. The Balaban J connectivity index is 1.75. The molecular weight excluding hydrogens is 368 g/mol. The van der Waals surface area contributed by atoms with Gasteiger partial charge in [0, 0.05) is 23.5 Å². The molecule has 0 fully saturated rings. The van der Waals surface area contributed by atoms with Crippen molar-refractivity contribution in [3.05, 3.63) is 73.2 Å². The van der Waals surface area contributed by atoms with Crippen LogP contribution >= 0.6 is 0 Å². The van der Waals surface area contributed by atoms with Gasteiger partial charge in [-0.3, -0.25) is 9.38 Å². The number of nitrogens with one attached hydrogen (secondary N) is 1. The van der Waals surface area contributed by atoms with Gasteiger partial charge in [0.05, 0.1) is 6.20 Å². The molecule has 30 heavy (non-hydrogen) atoms. The van der Waals surface area contributed by atoms with Gasteiger partial charge in [-0.15, -0.1) is 0 Å². The van der Waals surface area contributed by atoms with Crippen molar-refractivity contribution in [3.8, 4) is 22.4 Å². The molecular formula is C26H30N4. The van der Waals surface area contributed by atoms with Crippen LogP contribution in [-0.2, 0) is 0 Å². The summed E-state index contributed by atoms with van der Waals surface area (Å²) in [6.07, 6.45) is 6.62. The lowest BCUT2D eigenvalue weighted by molar-refractivity contribution is 0.302. The summed E-state index contributed by atoms with van der Waals surface area (Å²) in [5, 5.41) is 3.78. The van der Waals surface area contributed by atoms with Crippen molar-refractivity contribution in [2.75, 3.05) is 5.32 Å². The fourth-order valence-electron chi connectivity index (χ4n) is 4.37. The zero-order valence-corrected chi connectivity index (χ0v) is 18.5. The largest absolute Gasteiger partial charge is 0.364 e. The van der Waals surface area contributed by atoms with E-state index in [2.05, 4.69) is 97.9 Å². The van der Waals surface area contributed by atoms with Crippen LogP contribution in [-0.4, -0.2) is 19.9 Å². The monoisotopic (exact) mass is 398 g/mol. The third-order valence-corrected chi connectivity index (χ3v) is 5.12. The molecule has 0 saturated heterocycles. The van der Waals surface area contributed by atoms with Gasteiger partial charge in [0.2, 0.25) is 0 Å². The Hall–Kier alpha value is -3.14. The molecule has 1 N–H and O–H groups in total. The van der Waals surface area contributed by atoms with E-state index in [4.69, 9.17) is 4.98 Å². The molecule has 154 valence electrons. The van der Waals surface area contributed by atoms with E-state index in [-0.39, 0.29) is 11.0 Å². The molecule has 4 heteroatoms. The smallest absolute Gasteiger partial charge is 0.157 e. The van der Waals surface area contributed by atoms with E-state index in [0.29, 0.717) is 0 Å². The number of hydrogen-bond donors (Lipinski definition) is 1. The first-order valence-electron chi connectivity index (χ1n) is 10.5. The average molecular weight is 399 g/mol. The Morgan fingerprint density at radius 2 is 1.47 bits per heavy atom. The minimum absolute atomic E-state index is 0.0871. The molecule has 0 unspecified atom stereocenters. The number of imidazole rings is 1. The lowest BCUT2D eigenvalue weighted by atomic mass is 9.82. The summed E-state index contributed by atoms with van der Waals surface area (Å²) in [4.78, 5) is 9.16. The van der Waals surface area contributed by atoms with Crippen molar-refractivity contribution >= 4 is 11.5 Å². The molecule has 0 amide bonds. The second-order valence-electron chi connectivity index (χ2n) is 9.80. The summed E-state index contributed by atoms with van der Waals surface area (Å²) < 4.78 is 2.10. The van der Waals surface area contributed by atoms with Crippen molar-refractivity contribution in [3.63, 3.8) is 0 Å². The molecule has 0 radical (unpaired) electrons. The van der Waals surface area contributed by atoms with Crippen LogP contribution in [0, 0.1) is 5.41 Å². The molecule has 0 aliphatic rings. The predicted molar refractivity (Wildman–Crippen MR) is 126 cm³/mol. The fourth-order valence-corrected chi connectivity index (χ4v) is 4.37. The molecule has 0 spiro atoms. The maximum Gasteiger partial charge on any atom is 0.157 e. The summed E-state index contributed by atoms with van der Waals surface area (Å²) in [5.74, 6) is 1.01. The van der Waals surface area contributed by atoms with Gasteiger partial charge >= 0.3 is 0 Å². The topological polar surface area (TPSA) is 42.2 Å². The number of nitrogens with zero attached hydrogens (tertiary/aromatic N) is 3. The molecule has 2 heterocycles. The third kappa shape index (κ3) is 4.38. The second-order valence-corrected chi connectivity index (χ2v) is 9.80. The van der Waals surface area contributed by atoms with Gasteiger partial charge in [0.15, 0.2) is 5.65 Å². The quantitative estimate of drug-likeness (QED) is 0.407. The van der Waals surface area contributed by atoms with Crippen molar-refractivity contribution in [2.45, 2.75) is 46.6 Å². The van der Waals surface area contributed by atoms with Gasteiger partial charge in [-0.1, -0.05) is 75.4 Å². The summed E-state index contributed by atoms with van der Waals surface area (Å²) in [6.45, 7) is 11.3. The van der Waals surface area contributed by atoms with Crippen LogP contribution < -0.4 is 5.32 Å². The Labute approximate surface area is 179 Å². The Kier molecular flexibility index (Phi) is 5.10. The van der Waals surface area contributed by atoms with Gasteiger partial charge in [-0.25, -0.2) is 4.98 Å². The Morgan fingerprint density at radius 1 is 0.833 bits per heavy atom. The lowest BCUT2D eigenvalue weighted by Crippen LogP contribution is -2.36. The van der Waals surface area contributed by atoms with E-state index >= 15 is 0 Å². The zero-order valence-electron chi connectivity index (χ0n) is 18.5. The number of fused-ring (bicyclic) bond motifs is 1. The zero-order chi connectivity index (χ0) is 21.4. The molecule has 4 aromatic rings. The third-order valence-electron chi connectivity index (χ3n) is 5.12. The maximum absolute atomic E-state index is 4.90. The van der Waals surface area contributed by atoms with Crippen molar-refractivity contribution < 1.29 is 0 Å². The fraction of sp³-hybridized carbons (Fsp3) is 0.308. The lowest BCUT2D eigenvalue weighted by Gasteiger charge is -2.34. The van der Waals surface area contributed by atoms with Gasteiger partial charge in [0.25, 0.3) is 0 Å². The van der Waals surface area contributed by atoms with E-state index in [1.807, 2.05) is 18.5 Å². The van der Waals surface area contributed by atoms with Crippen LogP contribution in [0.3, 0.4) is 0 Å². The van der Waals surface area contributed by atoms with Crippen molar-refractivity contribution in [1.82, 2.24) is 14.4 Å². The molecule has 4 nitrogen and oxygen atoms in total. The van der Waals surface area contributed by atoms with Gasteiger partial charge in [-0.2, -0.15) is 0 Å². The Bertz CT molecular complexity index is 1130. The van der Waals surface area contributed by atoms with Crippen molar-refractivity contribution in [1.29, 1.82) is 0 Å². The minimum Gasteiger partial charge on any atom is -0.364 e. The summed E-state index contributed by atoms with van der Waals surface area (Å²) in [7, 11) is 0. The highest BCUT2D eigenvalue weighted by molar-refractivity contribution is 5.78. The molecule has 2 aromatic carbocycles. The maximum atomic E-state index is 4.90. The normalized spacial score (nSPS) is 12.3. The van der Waals surface area contributed by atoms with Crippen LogP contribution in [0.2, 0.25) is 0 Å². The highest BCUT2D eigenvalue weighted by Gasteiger charge is 2.28. The minimum atomic E-state index is -0.0871. The SMILES string of the molecule is CC(C)(C)CC(C)(C)Nc1c(-c2ccc(-c3ccccc3)cc2)nc2cnccn12. The van der Waals surface area contributed by atoms with E-state index in [1.165, 1.54) is 11.1 Å². The number of aromatic nitrogens is 3. The van der Waals surface area contributed by atoms with Gasteiger partial charge < -0.3 is 5.32 Å². The number of hydrogen-bond acceptors (Lipinski definition) is 3. The van der Waals surface area contributed by atoms with Crippen LogP contribution in [0.1, 0.15) is 41.0 Å². The van der Waals surface area contributed by atoms with E-state index in [9.17, 15) is 0 Å². The standard InChI is InChI=1S/C26H30N4/c1-25(2,3)18-26(4,5)29-24-23(28-22-17-27-15-16-30(22)24)21-13-11-20(12-14-21)19-9-7-6-8-10-19/h6-17,29H,18H2,1-5H3. The number of rotatable bonds is 5. The average Bonchev–Trinajstić information content (AvgIpc) is 3.05. The summed E-state index contributed by atoms with van der Waals surface area (Å²) in [6, 6.07) is 19.1. The van der Waals surface area contributed by atoms with Gasteiger partial charge in [-0.05, 0) is 36.8 Å². The van der Waals surface area contributed by atoms with Gasteiger partial charge in [0.1, 0.15) is 11.5 Å². The predicted octanol–water partition coefficient (Wildman–Crippen LogP) is 6.69. The number of benzene rings is 2. The van der Waals surface area contributed by atoms with Crippen LogP contribution in [0.25, 0.3) is 28.0 Å². The molecule has 0 aliphatic carbocycles. The van der Waals surface area contributed by atoms with E-state index < -0.39 is 0 Å². The van der Waals surface area contributed by atoms with E-state index in [0.717, 1.165) is 29.1 Å². The molecule has 4 rings (SSSR count). The summed E-state index contributed by atoms with van der Waals surface area (Å²) >= 11 is 0.